The first-order valence-electron chi connectivity index (χ1n) is 11.2. The van der Waals surface area contributed by atoms with Gasteiger partial charge >= 0.3 is 6.01 Å². The number of fused-ring (bicyclic) bond motifs is 1. The van der Waals surface area contributed by atoms with E-state index in [0.29, 0.717) is 24.4 Å². The molecule has 1 atom stereocenters. The Hall–Kier alpha value is -2.97. The van der Waals surface area contributed by atoms with Crippen molar-refractivity contribution in [3.8, 4) is 16.5 Å². The largest absolute Gasteiger partial charge is 0.459 e. The van der Waals surface area contributed by atoms with Gasteiger partial charge in [-0.05, 0) is 47.9 Å². The summed E-state index contributed by atoms with van der Waals surface area (Å²) in [6.45, 7) is 6.78. The Morgan fingerprint density at radius 1 is 1.22 bits per heavy atom. The number of anilines is 1. The molecule has 0 spiro atoms. The number of rotatable bonds is 7. The highest BCUT2D eigenvalue weighted by atomic mass is 32.1. The summed E-state index contributed by atoms with van der Waals surface area (Å²) < 4.78 is 7.97. The van der Waals surface area contributed by atoms with E-state index >= 15 is 0 Å². The van der Waals surface area contributed by atoms with E-state index in [-0.39, 0.29) is 6.10 Å². The normalized spacial score (nSPS) is 16.5. The molecule has 0 amide bonds. The minimum Gasteiger partial charge on any atom is -0.459 e. The Kier molecular flexibility index (Phi) is 6.05. The standard InChI is InChI=1S/C24H28N6OS/c1-16(2)20-15-27-30-22(20)28-24(31-18-8-5-11-25-14-18)29-23(30)26-13-17-7-3-4-9-19(17)21-10-6-12-32-21/h3-4,6-7,9-10,12,15-16,18,25H,5,8,11,13-14H2,1-2H3,(H,26,28,29)/t18-/m1/s1. The smallest absolute Gasteiger partial charge is 0.322 e. The van der Waals surface area contributed by atoms with Crippen molar-refractivity contribution < 1.29 is 4.74 Å². The van der Waals surface area contributed by atoms with Crippen molar-refractivity contribution in [1.29, 1.82) is 0 Å². The highest BCUT2D eigenvalue weighted by Crippen LogP contribution is 2.29. The number of nitrogens with one attached hydrogen (secondary N) is 2. The lowest BCUT2D eigenvalue weighted by Crippen LogP contribution is -2.37. The van der Waals surface area contributed by atoms with Crippen LogP contribution in [0.2, 0.25) is 0 Å². The van der Waals surface area contributed by atoms with Crippen LogP contribution in [0.1, 0.15) is 43.7 Å². The third-order valence-electron chi connectivity index (χ3n) is 5.76. The molecule has 1 saturated heterocycles. The summed E-state index contributed by atoms with van der Waals surface area (Å²) >= 11 is 1.75. The number of nitrogens with zero attached hydrogens (tertiary/aromatic N) is 4. The Morgan fingerprint density at radius 2 is 2.12 bits per heavy atom. The van der Waals surface area contributed by atoms with Crippen LogP contribution in [0.25, 0.3) is 16.1 Å². The molecule has 0 saturated carbocycles. The first-order valence-corrected chi connectivity index (χ1v) is 12.1. The molecule has 8 heteroatoms. The molecule has 4 heterocycles. The van der Waals surface area contributed by atoms with E-state index in [1.165, 1.54) is 16.0 Å². The van der Waals surface area contributed by atoms with Crippen LogP contribution < -0.4 is 15.4 Å². The lowest BCUT2D eigenvalue weighted by molar-refractivity contribution is 0.153. The van der Waals surface area contributed by atoms with Gasteiger partial charge in [-0.25, -0.2) is 0 Å². The fraction of sp³-hybridized carbons (Fsp3) is 0.375. The Balaban J connectivity index is 1.46. The van der Waals surface area contributed by atoms with Crippen LogP contribution >= 0.6 is 11.3 Å². The van der Waals surface area contributed by atoms with Gasteiger partial charge in [-0.15, -0.1) is 11.3 Å². The van der Waals surface area contributed by atoms with Crippen molar-refractivity contribution in [2.45, 2.75) is 45.3 Å². The quantitative estimate of drug-likeness (QED) is 0.426. The number of ether oxygens (including phenoxy) is 1. The highest BCUT2D eigenvalue weighted by Gasteiger charge is 2.20. The van der Waals surface area contributed by atoms with Crippen molar-refractivity contribution in [2.24, 2.45) is 0 Å². The lowest BCUT2D eigenvalue weighted by Gasteiger charge is -2.23. The highest BCUT2D eigenvalue weighted by molar-refractivity contribution is 7.13. The van der Waals surface area contributed by atoms with Gasteiger partial charge in [0.05, 0.1) is 6.20 Å². The van der Waals surface area contributed by atoms with E-state index in [9.17, 15) is 0 Å². The van der Waals surface area contributed by atoms with Gasteiger partial charge < -0.3 is 15.4 Å². The van der Waals surface area contributed by atoms with Crippen molar-refractivity contribution >= 4 is 22.9 Å². The number of benzene rings is 1. The van der Waals surface area contributed by atoms with Crippen molar-refractivity contribution in [2.75, 3.05) is 18.4 Å². The van der Waals surface area contributed by atoms with E-state index in [0.717, 1.165) is 37.1 Å². The van der Waals surface area contributed by atoms with Gasteiger partial charge in [0.1, 0.15) is 6.10 Å². The van der Waals surface area contributed by atoms with Gasteiger partial charge in [0.2, 0.25) is 5.95 Å². The molecule has 1 aromatic carbocycles. The molecule has 0 bridgehead atoms. The summed E-state index contributed by atoms with van der Waals surface area (Å²) in [5, 5.41) is 13.6. The predicted octanol–water partition coefficient (Wildman–Crippen LogP) is 4.72. The maximum absolute atomic E-state index is 6.18. The minimum atomic E-state index is 0.0871. The van der Waals surface area contributed by atoms with Gasteiger partial charge in [0, 0.05) is 23.5 Å². The maximum atomic E-state index is 6.18. The van der Waals surface area contributed by atoms with E-state index in [4.69, 9.17) is 14.7 Å². The fourth-order valence-electron chi connectivity index (χ4n) is 4.04. The summed E-state index contributed by atoms with van der Waals surface area (Å²) in [5.74, 6) is 0.945. The van der Waals surface area contributed by atoms with E-state index in [1.54, 1.807) is 15.9 Å². The van der Waals surface area contributed by atoms with Crippen molar-refractivity contribution in [3.63, 3.8) is 0 Å². The molecule has 0 aliphatic carbocycles. The summed E-state index contributed by atoms with van der Waals surface area (Å²) in [5.41, 5.74) is 4.31. The molecular formula is C24H28N6OS. The Labute approximate surface area is 191 Å². The van der Waals surface area contributed by atoms with Crippen LogP contribution in [0.5, 0.6) is 6.01 Å². The van der Waals surface area contributed by atoms with Crippen LogP contribution in [-0.2, 0) is 6.54 Å². The summed E-state index contributed by atoms with van der Waals surface area (Å²) in [6, 6.07) is 13.1. The average molecular weight is 449 g/mol. The molecule has 2 N–H and O–H groups in total. The summed E-state index contributed by atoms with van der Waals surface area (Å²) in [6.07, 6.45) is 4.07. The van der Waals surface area contributed by atoms with Gasteiger partial charge in [0.15, 0.2) is 5.65 Å². The number of hydrogen-bond acceptors (Lipinski definition) is 7. The zero-order chi connectivity index (χ0) is 21.9. The number of piperidine rings is 1. The Morgan fingerprint density at radius 3 is 2.91 bits per heavy atom. The summed E-state index contributed by atoms with van der Waals surface area (Å²) in [7, 11) is 0. The van der Waals surface area contributed by atoms with Crippen LogP contribution in [0.15, 0.2) is 48.0 Å². The molecular weight excluding hydrogens is 420 g/mol. The predicted molar refractivity (Wildman–Crippen MR) is 128 cm³/mol. The molecule has 4 aromatic rings. The van der Waals surface area contributed by atoms with Gasteiger partial charge in [0.25, 0.3) is 0 Å². The topological polar surface area (TPSA) is 76.4 Å². The van der Waals surface area contributed by atoms with Crippen molar-refractivity contribution in [3.05, 3.63) is 59.1 Å². The van der Waals surface area contributed by atoms with Crippen LogP contribution in [-0.4, -0.2) is 38.8 Å². The average Bonchev–Trinajstić information content (AvgIpc) is 3.49. The molecule has 1 fully saturated rings. The summed E-state index contributed by atoms with van der Waals surface area (Å²) in [4.78, 5) is 10.7. The van der Waals surface area contributed by atoms with Gasteiger partial charge in [-0.3, -0.25) is 0 Å². The molecule has 3 aromatic heterocycles. The molecule has 0 unspecified atom stereocenters. The lowest BCUT2D eigenvalue weighted by atomic mass is 10.1. The first kappa shape index (κ1) is 20.9. The minimum absolute atomic E-state index is 0.0871. The Bertz CT molecular complexity index is 1180. The van der Waals surface area contributed by atoms with E-state index in [2.05, 4.69) is 71.4 Å². The molecule has 166 valence electrons. The second-order valence-electron chi connectivity index (χ2n) is 8.39. The van der Waals surface area contributed by atoms with Gasteiger partial charge in [-0.1, -0.05) is 44.2 Å². The second-order valence-corrected chi connectivity index (χ2v) is 9.34. The molecule has 7 nitrogen and oxygen atoms in total. The second kappa shape index (κ2) is 9.26. The monoisotopic (exact) mass is 448 g/mol. The van der Waals surface area contributed by atoms with Crippen LogP contribution in [0.4, 0.5) is 5.95 Å². The third-order valence-corrected chi connectivity index (χ3v) is 6.66. The molecule has 0 radical (unpaired) electrons. The van der Waals surface area contributed by atoms with E-state index < -0.39 is 0 Å². The van der Waals surface area contributed by atoms with Crippen molar-refractivity contribution in [1.82, 2.24) is 24.9 Å². The number of thiophene rings is 1. The van der Waals surface area contributed by atoms with Crippen LogP contribution in [0, 0.1) is 0 Å². The van der Waals surface area contributed by atoms with Gasteiger partial charge in [-0.2, -0.15) is 19.6 Å². The third kappa shape index (κ3) is 4.33. The van der Waals surface area contributed by atoms with Crippen LogP contribution in [0.3, 0.4) is 0 Å². The van der Waals surface area contributed by atoms with E-state index in [1.807, 2.05) is 6.20 Å². The molecule has 5 rings (SSSR count). The SMILES string of the molecule is CC(C)c1cnn2c(NCc3ccccc3-c3cccs3)nc(O[C@@H]3CCCNC3)nc12. The zero-order valence-electron chi connectivity index (χ0n) is 18.4. The zero-order valence-corrected chi connectivity index (χ0v) is 19.2. The molecule has 1 aliphatic heterocycles. The molecule has 1 aliphatic rings. The number of aromatic nitrogens is 4. The maximum Gasteiger partial charge on any atom is 0.322 e. The molecule has 32 heavy (non-hydrogen) atoms. The fourth-order valence-corrected chi connectivity index (χ4v) is 4.83. The first-order chi connectivity index (χ1) is 15.7. The number of hydrogen-bond donors (Lipinski definition) is 2.